The first-order valence-corrected chi connectivity index (χ1v) is 7.07. The molecule has 4 nitrogen and oxygen atoms in total. The largest absolute Gasteiger partial charge is 0.492 e. The molecule has 1 aliphatic carbocycles. The number of carbonyl (C=O) groups is 1. The van der Waals surface area contributed by atoms with Gasteiger partial charge in [-0.2, -0.15) is 0 Å². The highest BCUT2D eigenvalue weighted by atomic mass is 35.5. The van der Waals surface area contributed by atoms with Crippen LogP contribution >= 0.6 is 12.4 Å². The smallest absolute Gasteiger partial charge is 0.224 e. The van der Waals surface area contributed by atoms with Crippen molar-refractivity contribution >= 4 is 24.0 Å². The predicted octanol–water partition coefficient (Wildman–Crippen LogP) is 2.72. The van der Waals surface area contributed by atoms with Crippen LogP contribution in [-0.4, -0.2) is 19.1 Å². The minimum Gasteiger partial charge on any atom is -0.492 e. The fourth-order valence-electron chi connectivity index (χ4n) is 2.56. The van der Waals surface area contributed by atoms with E-state index in [0.717, 1.165) is 30.1 Å². The summed E-state index contributed by atoms with van der Waals surface area (Å²) in [5.74, 6) is 1.65. The van der Waals surface area contributed by atoms with E-state index in [9.17, 15) is 4.79 Å². The second-order valence-corrected chi connectivity index (χ2v) is 5.40. The van der Waals surface area contributed by atoms with Gasteiger partial charge in [0, 0.05) is 30.8 Å². The molecular weight excluding hydrogens is 276 g/mol. The van der Waals surface area contributed by atoms with Gasteiger partial charge in [-0.05, 0) is 37.0 Å². The van der Waals surface area contributed by atoms with E-state index >= 15 is 0 Å². The van der Waals surface area contributed by atoms with Crippen molar-refractivity contribution in [1.82, 2.24) is 5.32 Å². The molecule has 1 aliphatic heterocycles. The average molecular weight is 297 g/mol. The van der Waals surface area contributed by atoms with E-state index in [-0.39, 0.29) is 18.3 Å². The Balaban J connectivity index is 0.00000147. The third kappa shape index (κ3) is 3.64. The number of carbonyl (C=O) groups excluding carboxylic acids is 1. The summed E-state index contributed by atoms with van der Waals surface area (Å²) < 4.78 is 5.62. The van der Waals surface area contributed by atoms with Crippen molar-refractivity contribution in [3.05, 3.63) is 23.8 Å². The Bertz CT molecular complexity index is 475. The monoisotopic (exact) mass is 296 g/mol. The summed E-state index contributed by atoms with van der Waals surface area (Å²) in [7, 11) is 0. The maximum atomic E-state index is 11.9. The maximum absolute atomic E-state index is 11.9. The molecule has 2 N–H and O–H groups in total. The van der Waals surface area contributed by atoms with Gasteiger partial charge in [0.15, 0.2) is 0 Å². The molecule has 2 aliphatic rings. The first kappa shape index (κ1) is 15.1. The van der Waals surface area contributed by atoms with E-state index in [2.05, 4.69) is 10.6 Å². The lowest BCUT2D eigenvalue weighted by Gasteiger charge is -2.24. The Labute approximate surface area is 125 Å². The van der Waals surface area contributed by atoms with Crippen LogP contribution in [0.4, 0.5) is 5.69 Å². The van der Waals surface area contributed by atoms with Crippen LogP contribution in [0.3, 0.4) is 0 Å². The lowest BCUT2D eigenvalue weighted by molar-refractivity contribution is -0.117. The van der Waals surface area contributed by atoms with Crippen LogP contribution in [0.25, 0.3) is 0 Å². The first-order valence-electron chi connectivity index (χ1n) is 7.07. The van der Waals surface area contributed by atoms with Crippen molar-refractivity contribution in [1.29, 1.82) is 0 Å². The lowest BCUT2D eigenvalue weighted by Crippen LogP contribution is -2.21. The highest BCUT2D eigenvalue weighted by molar-refractivity contribution is 5.91. The number of benzene rings is 1. The van der Waals surface area contributed by atoms with Crippen molar-refractivity contribution in [3.8, 4) is 5.75 Å². The third-order valence-electron chi connectivity index (χ3n) is 3.89. The summed E-state index contributed by atoms with van der Waals surface area (Å²) in [6.07, 6.45) is 4.34. The molecule has 1 aromatic rings. The molecule has 0 bridgehead atoms. The van der Waals surface area contributed by atoms with Crippen molar-refractivity contribution in [2.75, 3.05) is 18.5 Å². The quantitative estimate of drug-likeness (QED) is 0.902. The van der Waals surface area contributed by atoms with Gasteiger partial charge >= 0.3 is 0 Å². The molecule has 0 atom stereocenters. The van der Waals surface area contributed by atoms with E-state index in [1.165, 1.54) is 19.3 Å². The Morgan fingerprint density at radius 3 is 3.00 bits per heavy atom. The van der Waals surface area contributed by atoms with E-state index in [4.69, 9.17) is 4.74 Å². The van der Waals surface area contributed by atoms with E-state index in [1.807, 2.05) is 18.2 Å². The maximum Gasteiger partial charge on any atom is 0.224 e. The van der Waals surface area contributed by atoms with Gasteiger partial charge in [0.05, 0.1) is 0 Å². The molecule has 0 aromatic heterocycles. The zero-order chi connectivity index (χ0) is 13.1. The molecule has 1 fully saturated rings. The Kier molecular flexibility index (Phi) is 5.26. The minimum absolute atomic E-state index is 0. The average Bonchev–Trinajstić information content (AvgIpc) is 2.58. The lowest BCUT2D eigenvalue weighted by atomic mass is 9.83. The predicted molar refractivity (Wildman–Crippen MR) is 81.5 cm³/mol. The van der Waals surface area contributed by atoms with E-state index in [0.29, 0.717) is 18.9 Å². The first-order chi connectivity index (χ1) is 9.31. The summed E-state index contributed by atoms with van der Waals surface area (Å²) in [5, 5.41) is 6.29. The van der Waals surface area contributed by atoms with Gasteiger partial charge in [-0.25, -0.2) is 0 Å². The number of fused-ring (bicyclic) bond motifs is 1. The molecule has 5 heteroatoms. The number of nitrogens with one attached hydrogen (secondary N) is 2. The standard InChI is InChI=1S/C15H20N2O2.ClH/c18-15(8-11-2-1-3-11)17-13-4-5-14-12(9-13)10-16-6-7-19-14;/h4-5,9,11,16H,1-3,6-8,10H2,(H,17,18);1H. The Hall–Kier alpha value is -1.26. The second-order valence-electron chi connectivity index (χ2n) is 5.40. The minimum atomic E-state index is 0. The van der Waals surface area contributed by atoms with Crippen LogP contribution < -0.4 is 15.4 Å². The summed E-state index contributed by atoms with van der Waals surface area (Å²) in [6.45, 7) is 2.35. The van der Waals surface area contributed by atoms with Crippen LogP contribution in [0.1, 0.15) is 31.2 Å². The number of amides is 1. The van der Waals surface area contributed by atoms with Gasteiger partial charge in [-0.3, -0.25) is 4.79 Å². The summed E-state index contributed by atoms with van der Waals surface area (Å²) >= 11 is 0. The Morgan fingerprint density at radius 1 is 1.40 bits per heavy atom. The SMILES string of the molecule is Cl.O=C(CC1CCC1)Nc1ccc2c(c1)CNCCO2. The van der Waals surface area contributed by atoms with Gasteiger partial charge in [0.2, 0.25) is 5.91 Å². The van der Waals surface area contributed by atoms with Gasteiger partial charge < -0.3 is 15.4 Å². The van der Waals surface area contributed by atoms with Crippen LogP contribution in [0, 0.1) is 5.92 Å². The normalized spacial score (nSPS) is 17.8. The number of anilines is 1. The molecule has 0 unspecified atom stereocenters. The molecule has 3 rings (SSSR count). The van der Waals surface area contributed by atoms with Crippen LogP contribution in [0.5, 0.6) is 5.75 Å². The van der Waals surface area contributed by atoms with Crippen LogP contribution in [0.15, 0.2) is 18.2 Å². The third-order valence-corrected chi connectivity index (χ3v) is 3.89. The summed E-state index contributed by atoms with van der Waals surface area (Å²) in [6, 6.07) is 5.87. The number of halogens is 1. The fraction of sp³-hybridized carbons (Fsp3) is 0.533. The highest BCUT2D eigenvalue weighted by Crippen LogP contribution is 2.30. The Morgan fingerprint density at radius 2 is 2.25 bits per heavy atom. The van der Waals surface area contributed by atoms with Crippen molar-refractivity contribution < 1.29 is 9.53 Å². The topological polar surface area (TPSA) is 50.4 Å². The molecule has 0 radical (unpaired) electrons. The van der Waals surface area contributed by atoms with E-state index < -0.39 is 0 Å². The molecule has 0 spiro atoms. The molecule has 1 amide bonds. The van der Waals surface area contributed by atoms with Crippen LogP contribution in [-0.2, 0) is 11.3 Å². The highest BCUT2D eigenvalue weighted by Gasteiger charge is 2.20. The number of rotatable bonds is 3. The molecule has 110 valence electrons. The van der Waals surface area contributed by atoms with Gasteiger partial charge in [-0.15, -0.1) is 12.4 Å². The van der Waals surface area contributed by atoms with Gasteiger partial charge in [0.1, 0.15) is 12.4 Å². The van der Waals surface area contributed by atoms with Crippen molar-refractivity contribution in [3.63, 3.8) is 0 Å². The molecule has 20 heavy (non-hydrogen) atoms. The summed E-state index contributed by atoms with van der Waals surface area (Å²) in [5.41, 5.74) is 1.98. The fourth-order valence-corrected chi connectivity index (χ4v) is 2.56. The molecular formula is C15H21ClN2O2. The number of hydrogen-bond donors (Lipinski definition) is 2. The van der Waals surface area contributed by atoms with Crippen molar-refractivity contribution in [2.45, 2.75) is 32.2 Å². The zero-order valence-electron chi connectivity index (χ0n) is 11.5. The van der Waals surface area contributed by atoms with E-state index in [1.54, 1.807) is 0 Å². The molecule has 1 saturated carbocycles. The number of hydrogen-bond acceptors (Lipinski definition) is 3. The van der Waals surface area contributed by atoms with Crippen molar-refractivity contribution in [2.24, 2.45) is 5.92 Å². The summed E-state index contributed by atoms with van der Waals surface area (Å²) in [4.78, 5) is 11.9. The number of ether oxygens (including phenoxy) is 1. The van der Waals surface area contributed by atoms with Gasteiger partial charge in [-0.1, -0.05) is 6.42 Å². The van der Waals surface area contributed by atoms with Gasteiger partial charge in [0.25, 0.3) is 0 Å². The molecule has 0 saturated heterocycles. The van der Waals surface area contributed by atoms with Crippen LogP contribution in [0.2, 0.25) is 0 Å². The molecule has 1 heterocycles. The zero-order valence-corrected chi connectivity index (χ0v) is 12.3. The molecule has 1 aromatic carbocycles. The second kappa shape index (κ2) is 6.95.